The molecule has 13 heteroatoms. The predicted molar refractivity (Wildman–Crippen MR) is 142 cm³/mol. The summed E-state index contributed by atoms with van der Waals surface area (Å²) in [5, 5.41) is 14.3. The number of benzene rings is 2. The summed E-state index contributed by atoms with van der Waals surface area (Å²) in [7, 11) is 0. The van der Waals surface area contributed by atoms with E-state index in [2.05, 4.69) is 15.3 Å². The van der Waals surface area contributed by atoms with E-state index < -0.39 is 35.2 Å². The third-order valence-corrected chi connectivity index (χ3v) is 6.55. The van der Waals surface area contributed by atoms with Gasteiger partial charge in [0.25, 0.3) is 6.43 Å². The molecule has 2 aromatic carbocycles. The molecular formula is C28H24F4N6O3. The van der Waals surface area contributed by atoms with E-state index in [0.29, 0.717) is 31.7 Å². The van der Waals surface area contributed by atoms with Gasteiger partial charge in [-0.2, -0.15) is 5.26 Å². The molecule has 0 aliphatic carbocycles. The van der Waals surface area contributed by atoms with Gasteiger partial charge in [-0.1, -0.05) is 18.2 Å². The average molecular weight is 569 g/mol. The Bertz CT molecular complexity index is 1720. The molecule has 1 aliphatic rings. The molecule has 5 rings (SSSR count). The number of fused-ring (bicyclic) bond motifs is 1. The molecule has 4 aromatic rings. The van der Waals surface area contributed by atoms with Crippen molar-refractivity contribution in [2.45, 2.75) is 26.3 Å². The van der Waals surface area contributed by atoms with Gasteiger partial charge in [0.2, 0.25) is 5.75 Å². The van der Waals surface area contributed by atoms with Crippen molar-refractivity contribution in [3.63, 3.8) is 0 Å². The van der Waals surface area contributed by atoms with Crippen LogP contribution in [0.2, 0.25) is 0 Å². The van der Waals surface area contributed by atoms with E-state index in [9.17, 15) is 27.6 Å². The number of nitrogens with one attached hydrogen (secondary N) is 1. The Morgan fingerprint density at radius 2 is 1.85 bits per heavy atom. The van der Waals surface area contributed by atoms with E-state index in [1.165, 1.54) is 29.1 Å². The number of morpholine rings is 1. The van der Waals surface area contributed by atoms with E-state index >= 15 is 0 Å². The van der Waals surface area contributed by atoms with Gasteiger partial charge in [-0.25, -0.2) is 32.2 Å². The summed E-state index contributed by atoms with van der Waals surface area (Å²) in [6.45, 7) is 4.63. The van der Waals surface area contributed by atoms with E-state index in [1.54, 1.807) is 18.9 Å². The molecule has 1 saturated heterocycles. The SMILES string of the molecule is Cc1nc(NC(C)c2cccc(C(F)F)c2F)c2cn(N3CCOCC3)c(=O)c(Oc3cc(F)cc(C#N)c3)c2n1. The molecule has 1 fully saturated rings. The molecule has 9 nitrogen and oxygen atoms in total. The molecule has 1 N–H and O–H groups in total. The fourth-order valence-electron chi connectivity index (χ4n) is 4.60. The molecule has 2 aromatic heterocycles. The molecule has 0 radical (unpaired) electrons. The predicted octanol–water partition coefficient (Wildman–Crippen LogP) is 5.12. The maximum absolute atomic E-state index is 14.9. The minimum Gasteiger partial charge on any atom is -0.449 e. The van der Waals surface area contributed by atoms with Crippen molar-refractivity contribution in [2.75, 3.05) is 36.6 Å². The summed E-state index contributed by atoms with van der Waals surface area (Å²) in [6, 6.07) is 8.13. The normalized spacial score (nSPS) is 14.2. The van der Waals surface area contributed by atoms with Crippen LogP contribution in [-0.2, 0) is 4.74 Å². The van der Waals surface area contributed by atoms with E-state index in [-0.39, 0.29) is 39.8 Å². The second-order valence-electron chi connectivity index (χ2n) is 9.36. The van der Waals surface area contributed by atoms with Gasteiger partial charge in [-0.3, -0.25) is 4.79 Å². The maximum Gasteiger partial charge on any atom is 0.314 e. The van der Waals surface area contributed by atoms with Crippen LogP contribution in [0.25, 0.3) is 10.9 Å². The number of nitriles is 1. The van der Waals surface area contributed by atoms with Crippen molar-refractivity contribution in [3.05, 3.63) is 87.1 Å². The molecule has 1 unspecified atom stereocenters. The number of alkyl halides is 2. The van der Waals surface area contributed by atoms with Crippen molar-refractivity contribution in [3.8, 4) is 17.6 Å². The van der Waals surface area contributed by atoms with Gasteiger partial charge in [-0.05, 0) is 26.0 Å². The first-order valence-electron chi connectivity index (χ1n) is 12.6. The number of ether oxygens (including phenoxy) is 2. The monoisotopic (exact) mass is 568 g/mol. The molecule has 1 aliphatic heterocycles. The van der Waals surface area contributed by atoms with Crippen molar-refractivity contribution < 1.29 is 27.0 Å². The molecule has 0 amide bonds. The summed E-state index contributed by atoms with van der Waals surface area (Å²) in [5.74, 6) is -1.71. The standard InChI is InChI=1S/C28H24F4N6O3/c1-15(20-4-3-5-21(23(20)30)26(31)32)34-27-22-14-38(37-6-8-40-9-7-37)28(39)25(24(22)35-16(2)36-27)41-19-11-17(13-33)10-18(29)12-19/h3-5,10-12,14-15,26H,6-9H2,1-2H3,(H,34,35,36). The van der Waals surface area contributed by atoms with Gasteiger partial charge in [0, 0.05) is 17.8 Å². The van der Waals surface area contributed by atoms with Crippen LogP contribution in [0.3, 0.4) is 0 Å². The number of hydrogen-bond acceptors (Lipinski definition) is 8. The first-order valence-corrected chi connectivity index (χ1v) is 12.6. The first-order chi connectivity index (χ1) is 19.7. The van der Waals surface area contributed by atoms with Crippen molar-refractivity contribution in [1.82, 2.24) is 14.6 Å². The number of halogens is 4. The Morgan fingerprint density at radius 1 is 1.12 bits per heavy atom. The molecule has 3 heterocycles. The van der Waals surface area contributed by atoms with E-state index in [4.69, 9.17) is 9.47 Å². The van der Waals surface area contributed by atoms with Crippen LogP contribution in [0.4, 0.5) is 23.4 Å². The Morgan fingerprint density at radius 3 is 2.56 bits per heavy atom. The number of aromatic nitrogens is 3. The van der Waals surface area contributed by atoms with Gasteiger partial charge < -0.3 is 19.8 Å². The lowest BCUT2D eigenvalue weighted by molar-refractivity contribution is 0.110. The van der Waals surface area contributed by atoms with Gasteiger partial charge in [0.15, 0.2) is 0 Å². The third-order valence-electron chi connectivity index (χ3n) is 6.55. The minimum atomic E-state index is -2.99. The Labute approximate surface area is 231 Å². The van der Waals surface area contributed by atoms with Gasteiger partial charge >= 0.3 is 5.56 Å². The van der Waals surface area contributed by atoms with E-state index in [1.807, 2.05) is 6.07 Å². The molecule has 0 saturated carbocycles. The summed E-state index contributed by atoms with van der Waals surface area (Å²) in [5.41, 5.74) is -1.26. The smallest absolute Gasteiger partial charge is 0.314 e. The van der Waals surface area contributed by atoms with Gasteiger partial charge in [0.05, 0.1) is 54.9 Å². The quantitative estimate of drug-likeness (QED) is 0.307. The molecule has 212 valence electrons. The summed E-state index contributed by atoms with van der Waals surface area (Å²) < 4.78 is 68.4. The minimum absolute atomic E-state index is 0.00557. The van der Waals surface area contributed by atoms with Gasteiger partial charge in [-0.15, -0.1) is 0 Å². The zero-order chi connectivity index (χ0) is 29.3. The van der Waals surface area contributed by atoms with Crippen molar-refractivity contribution >= 4 is 16.7 Å². The Hall–Kier alpha value is -4.70. The molecule has 41 heavy (non-hydrogen) atoms. The molecular weight excluding hydrogens is 544 g/mol. The summed E-state index contributed by atoms with van der Waals surface area (Å²) in [4.78, 5) is 22.6. The number of rotatable bonds is 7. The zero-order valence-electron chi connectivity index (χ0n) is 22.0. The van der Waals surface area contributed by atoms with Crippen molar-refractivity contribution in [2.24, 2.45) is 0 Å². The summed E-state index contributed by atoms with van der Waals surface area (Å²) in [6.07, 6.45) is -1.49. The fraction of sp³-hybridized carbons (Fsp3) is 0.286. The van der Waals surface area contributed by atoms with Crippen LogP contribution in [0.15, 0.2) is 47.4 Å². The second-order valence-corrected chi connectivity index (χ2v) is 9.36. The number of nitrogens with zero attached hydrogens (tertiary/aromatic N) is 5. The number of hydrogen-bond donors (Lipinski definition) is 1. The molecule has 0 spiro atoms. The highest BCUT2D eigenvalue weighted by molar-refractivity contribution is 5.92. The van der Waals surface area contributed by atoms with Gasteiger partial charge in [0.1, 0.15) is 34.5 Å². The lowest BCUT2D eigenvalue weighted by Crippen LogP contribution is -2.48. The highest BCUT2D eigenvalue weighted by Crippen LogP contribution is 2.33. The van der Waals surface area contributed by atoms with Crippen LogP contribution in [0, 0.1) is 29.9 Å². The van der Waals surface area contributed by atoms with Crippen LogP contribution < -0.4 is 20.6 Å². The fourth-order valence-corrected chi connectivity index (χ4v) is 4.60. The lowest BCUT2D eigenvalue weighted by Gasteiger charge is -2.30. The van der Waals surface area contributed by atoms with Crippen LogP contribution >= 0.6 is 0 Å². The van der Waals surface area contributed by atoms with Crippen LogP contribution in [0.5, 0.6) is 11.5 Å². The molecule has 1 atom stereocenters. The van der Waals surface area contributed by atoms with Crippen LogP contribution in [-0.4, -0.2) is 40.9 Å². The van der Waals surface area contributed by atoms with Crippen LogP contribution in [0.1, 0.15) is 41.9 Å². The zero-order valence-corrected chi connectivity index (χ0v) is 22.0. The highest BCUT2D eigenvalue weighted by Gasteiger charge is 2.24. The highest BCUT2D eigenvalue weighted by atomic mass is 19.3. The average Bonchev–Trinajstić information content (AvgIpc) is 2.94. The number of anilines is 1. The lowest BCUT2D eigenvalue weighted by atomic mass is 10.0. The topological polar surface area (TPSA) is 105 Å². The third kappa shape index (κ3) is 5.64. The largest absolute Gasteiger partial charge is 0.449 e. The Balaban J connectivity index is 1.67. The maximum atomic E-state index is 14.9. The van der Waals surface area contributed by atoms with E-state index in [0.717, 1.165) is 18.2 Å². The molecule has 0 bridgehead atoms. The van der Waals surface area contributed by atoms with Crippen molar-refractivity contribution in [1.29, 1.82) is 5.26 Å². The number of pyridine rings is 1. The number of aryl methyl sites for hydroxylation is 1. The summed E-state index contributed by atoms with van der Waals surface area (Å²) >= 11 is 0. The second kappa shape index (κ2) is 11.4. The first kappa shape index (κ1) is 27.9. The Kier molecular flexibility index (Phi) is 7.76.